The lowest BCUT2D eigenvalue weighted by atomic mass is 10.4. The fourth-order valence-corrected chi connectivity index (χ4v) is 1.32. The van der Waals surface area contributed by atoms with Crippen LogP contribution in [0.1, 0.15) is 6.92 Å². The van der Waals surface area contributed by atoms with Gasteiger partial charge in [-0.2, -0.15) is 0 Å². The third kappa shape index (κ3) is 3.17. The van der Waals surface area contributed by atoms with E-state index in [9.17, 15) is 0 Å². The van der Waals surface area contributed by atoms with Crippen molar-refractivity contribution in [2.75, 3.05) is 6.54 Å². The lowest BCUT2D eigenvalue weighted by Crippen LogP contribution is -1.64. The molecule has 0 fully saturated rings. The van der Waals surface area contributed by atoms with Crippen molar-refractivity contribution in [3.05, 3.63) is 30.3 Å². The predicted molar refractivity (Wildman–Crippen MR) is 51.7 cm³/mol. The van der Waals surface area contributed by atoms with Crippen LogP contribution < -0.4 is 0 Å². The fraction of sp³-hybridized carbons (Fsp3) is 0.222. The topological polar surface area (TPSA) is 12.4 Å². The Morgan fingerprint density at radius 1 is 1.36 bits per heavy atom. The van der Waals surface area contributed by atoms with Gasteiger partial charge in [-0.1, -0.05) is 18.2 Å². The van der Waals surface area contributed by atoms with Gasteiger partial charge < -0.3 is 0 Å². The lowest BCUT2D eigenvalue weighted by Gasteiger charge is -1.86. The Morgan fingerprint density at radius 3 is 2.73 bits per heavy atom. The second-order valence-electron chi connectivity index (χ2n) is 2.02. The molecule has 0 aliphatic heterocycles. The van der Waals surface area contributed by atoms with Crippen molar-refractivity contribution in [3.8, 4) is 0 Å². The first-order valence-electron chi connectivity index (χ1n) is 3.60. The van der Waals surface area contributed by atoms with Crippen molar-refractivity contribution >= 4 is 16.5 Å². The summed E-state index contributed by atoms with van der Waals surface area (Å²) in [5, 5.41) is 2.95. The number of hydrogen-bond donors (Lipinski definition) is 1. The van der Waals surface area contributed by atoms with E-state index < -0.39 is 0 Å². The Morgan fingerprint density at radius 2 is 2.09 bits per heavy atom. The molecular weight excluding hydrogens is 154 g/mol. The van der Waals surface area contributed by atoms with Crippen molar-refractivity contribution in [3.63, 3.8) is 0 Å². The van der Waals surface area contributed by atoms with E-state index in [1.54, 1.807) is 0 Å². The highest BCUT2D eigenvalue weighted by Crippen LogP contribution is 2.06. The maximum Gasteiger partial charge on any atom is 0.0461 e. The first kappa shape index (κ1) is 8.25. The summed E-state index contributed by atoms with van der Waals surface area (Å²) < 4.78 is 0. The van der Waals surface area contributed by atoms with Gasteiger partial charge in [0.25, 0.3) is 0 Å². The van der Waals surface area contributed by atoms with Crippen LogP contribution in [-0.2, 0) is 0 Å². The average Bonchev–Trinajstić information content (AvgIpc) is 2.07. The van der Waals surface area contributed by atoms with Gasteiger partial charge in [-0.15, -0.1) is 11.4 Å². The molecule has 1 aromatic rings. The molecule has 58 valence electrons. The molecule has 0 atom stereocenters. The molecule has 0 saturated heterocycles. The van der Waals surface area contributed by atoms with E-state index in [0.29, 0.717) is 0 Å². The minimum Gasteiger partial charge on any atom is -0.237 e. The summed E-state index contributed by atoms with van der Waals surface area (Å²) in [6.07, 6.45) is 0. The van der Waals surface area contributed by atoms with Crippen LogP contribution >= 0.6 is 11.4 Å². The van der Waals surface area contributed by atoms with Crippen LogP contribution in [0.2, 0.25) is 0 Å². The van der Waals surface area contributed by atoms with Gasteiger partial charge in [0.05, 0.1) is 0 Å². The number of aliphatic imine (C=N–C) groups is 1. The molecule has 1 rings (SSSR count). The van der Waals surface area contributed by atoms with Crippen molar-refractivity contribution in [1.82, 2.24) is 0 Å². The zero-order valence-electron chi connectivity index (χ0n) is 6.49. The van der Waals surface area contributed by atoms with Gasteiger partial charge in [-0.05, 0) is 19.1 Å². The molecule has 0 amide bonds. The standard InChI is InChI=1S/C9H11NS/c1-2-10-8-11-9-6-4-3-5-7-9/h3-7,11H,2H2,1H3. The Balaban J connectivity index is 2.72. The van der Waals surface area contributed by atoms with Crippen molar-refractivity contribution in [2.45, 2.75) is 11.8 Å². The molecule has 1 aromatic carbocycles. The van der Waals surface area contributed by atoms with Gasteiger partial charge in [-0.3, -0.25) is 0 Å². The third-order valence-corrected chi connectivity index (χ3v) is 1.96. The molecule has 0 unspecified atom stereocenters. The van der Waals surface area contributed by atoms with Crippen LogP contribution in [0.25, 0.3) is 0 Å². The second-order valence-corrected chi connectivity index (χ2v) is 2.96. The van der Waals surface area contributed by atoms with Crippen LogP contribution in [0.4, 0.5) is 0 Å². The van der Waals surface area contributed by atoms with E-state index in [-0.39, 0.29) is 0 Å². The maximum absolute atomic E-state index is 4.00. The van der Waals surface area contributed by atoms with Crippen LogP contribution in [0.3, 0.4) is 0 Å². The highest BCUT2D eigenvalue weighted by atomic mass is 32.1. The minimum absolute atomic E-state index is 0.819. The van der Waals surface area contributed by atoms with E-state index in [0.717, 1.165) is 17.9 Å². The molecular formula is C9H11NS. The van der Waals surface area contributed by atoms with E-state index in [2.05, 4.69) is 22.3 Å². The molecule has 0 bridgehead atoms. The van der Waals surface area contributed by atoms with Gasteiger partial charge in [0, 0.05) is 16.6 Å². The molecule has 0 aliphatic rings. The third-order valence-electron chi connectivity index (χ3n) is 1.16. The van der Waals surface area contributed by atoms with Crippen LogP contribution in [-0.4, -0.2) is 11.7 Å². The molecule has 0 saturated carbocycles. The number of thiol groups is 1. The Hall–Kier alpha value is -0.850. The molecule has 2 heteroatoms. The van der Waals surface area contributed by atoms with Crippen LogP contribution in [0.5, 0.6) is 0 Å². The normalized spacial score (nSPS) is 8.82. The zero-order chi connectivity index (χ0) is 7.94. The average molecular weight is 165 g/mol. The van der Waals surface area contributed by atoms with Gasteiger partial charge in [0.15, 0.2) is 0 Å². The van der Waals surface area contributed by atoms with E-state index in [1.807, 2.05) is 25.1 Å². The number of nitrogens with zero attached hydrogens (tertiary/aromatic N) is 1. The second kappa shape index (κ2) is 4.89. The SMILES string of the molecule is CCN=C=[SH]c1ccccc1. The molecule has 0 heterocycles. The van der Waals surface area contributed by atoms with E-state index >= 15 is 0 Å². The summed E-state index contributed by atoms with van der Waals surface area (Å²) in [5.74, 6) is 0. The Bertz CT molecular complexity index is 260. The van der Waals surface area contributed by atoms with Crippen LogP contribution in [0, 0.1) is 0 Å². The monoisotopic (exact) mass is 165 g/mol. The summed E-state index contributed by atoms with van der Waals surface area (Å²) in [6.45, 7) is 2.83. The molecule has 1 nitrogen and oxygen atoms in total. The summed E-state index contributed by atoms with van der Waals surface area (Å²) in [6, 6.07) is 10.2. The summed E-state index contributed by atoms with van der Waals surface area (Å²) >= 11 is 1.06. The van der Waals surface area contributed by atoms with E-state index in [4.69, 9.17) is 0 Å². The maximum atomic E-state index is 4.00. The number of benzene rings is 1. The summed E-state index contributed by atoms with van der Waals surface area (Å²) in [5.41, 5.74) is 0. The molecule has 0 radical (unpaired) electrons. The Labute approximate surface area is 70.7 Å². The summed E-state index contributed by atoms with van der Waals surface area (Å²) in [4.78, 5) is 5.25. The van der Waals surface area contributed by atoms with Crippen LogP contribution in [0.15, 0.2) is 40.2 Å². The van der Waals surface area contributed by atoms with Gasteiger partial charge in [0.2, 0.25) is 0 Å². The van der Waals surface area contributed by atoms with Gasteiger partial charge in [0.1, 0.15) is 0 Å². The Kier molecular flexibility index (Phi) is 3.67. The quantitative estimate of drug-likeness (QED) is 0.392. The molecule has 0 aliphatic carbocycles. The fourth-order valence-electron chi connectivity index (χ4n) is 0.666. The highest BCUT2D eigenvalue weighted by molar-refractivity contribution is 7.97. The zero-order valence-corrected chi connectivity index (χ0v) is 7.38. The largest absolute Gasteiger partial charge is 0.237 e. The number of hydrogen-bond acceptors (Lipinski definition) is 1. The van der Waals surface area contributed by atoms with Crippen molar-refractivity contribution in [2.24, 2.45) is 4.99 Å². The molecule has 0 spiro atoms. The molecule has 0 aromatic heterocycles. The van der Waals surface area contributed by atoms with E-state index in [1.165, 1.54) is 4.90 Å². The first-order valence-corrected chi connectivity index (χ1v) is 4.50. The smallest absolute Gasteiger partial charge is 0.0461 e. The highest BCUT2D eigenvalue weighted by Gasteiger charge is 1.78. The summed E-state index contributed by atoms with van der Waals surface area (Å²) in [7, 11) is 0. The van der Waals surface area contributed by atoms with Crippen molar-refractivity contribution < 1.29 is 0 Å². The number of rotatable bonds is 2. The van der Waals surface area contributed by atoms with Gasteiger partial charge >= 0.3 is 0 Å². The lowest BCUT2D eigenvalue weighted by molar-refractivity contribution is 1.15. The minimum atomic E-state index is 0.819. The molecule has 11 heavy (non-hydrogen) atoms. The van der Waals surface area contributed by atoms with Gasteiger partial charge in [-0.25, -0.2) is 4.99 Å². The van der Waals surface area contributed by atoms with Crippen molar-refractivity contribution in [1.29, 1.82) is 0 Å². The first-order chi connectivity index (χ1) is 5.43. The predicted octanol–water partition coefficient (Wildman–Crippen LogP) is 2.44. The number of isothiocyanates is 1. The molecule has 0 N–H and O–H groups in total.